The molecule has 1 aliphatic rings. The Morgan fingerprint density at radius 2 is 1.67 bits per heavy atom. The molecular formula is C21H22N2O3S. The second-order valence-electron chi connectivity index (χ2n) is 5.84. The van der Waals surface area contributed by atoms with Gasteiger partial charge in [0.1, 0.15) is 5.57 Å². The van der Waals surface area contributed by atoms with Gasteiger partial charge in [0.25, 0.3) is 0 Å². The number of anilines is 1. The summed E-state index contributed by atoms with van der Waals surface area (Å²) in [7, 11) is 0. The molecule has 6 heteroatoms. The van der Waals surface area contributed by atoms with Gasteiger partial charge in [-0.15, -0.1) is 0 Å². The van der Waals surface area contributed by atoms with E-state index in [-0.39, 0.29) is 6.61 Å². The van der Waals surface area contributed by atoms with Gasteiger partial charge in [0.2, 0.25) is 5.88 Å². The van der Waals surface area contributed by atoms with Gasteiger partial charge >= 0.3 is 5.97 Å². The molecule has 3 rings (SSSR count). The van der Waals surface area contributed by atoms with E-state index in [1.165, 1.54) is 0 Å². The summed E-state index contributed by atoms with van der Waals surface area (Å²) >= 11 is 5.63. The average Bonchev–Trinajstić information content (AvgIpc) is 2.69. The maximum Gasteiger partial charge on any atom is 0.341 e. The van der Waals surface area contributed by atoms with Crippen LogP contribution in [0.2, 0.25) is 0 Å². The van der Waals surface area contributed by atoms with Crippen LogP contribution in [-0.2, 0) is 14.3 Å². The number of nitrogens with zero attached hydrogens (tertiary/aromatic N) is 1. The second kappa shape index (κ2) is 8.68. The molecule has 0 aliphatic carbocycles. The largest absolute Gasteiger partial charge is 0.478 e. The molecule has 140 valence electrons. The molecule has 2 aromatic carbocycles. The molecule has 0 saturated carbocycles. The number of benzene rings is 2. The Bertz CT molecular complexity index is 837. The summed E-state index contributed by atoms with van der Waals surface area (Å²) in [4.78, 5) is 14.6. The summed E-state index contributed by atoms with van der Waals surface area (Å²) in [5, 5.41) is 3.74. The van der Waals surface area contributed by atoms with Gasteiger partial charge < -0.3 is 14.8 Å². The van der Waals surface area contributed by atoms with E-state index in [0.717, 1.165) is 11.3 Å². The molecular weight excluding hydrogens is 360 g/mol. The molecule has 0 fully saturated rings. The molecule has 0 saturated heterocycles. The first-order valence-electron chi connectivity index (χ1n) is 8.92. The zero-order valence-corrected chi connectivity index (χ0v) is 16.2. The fourth-order valence-electron chi connectivity index (χ4n) is 3.00. The highest BCUT2D eigenvalue weighted by atomic mass is 32.1. The van der Waals surface area contributed by atoms with Crippen molar-refractivity contribution in [2.75, 3.05) is 18.1 Å². The third-order valence-electron chi connectivity index (χ3n) is 4.12. The van der Waals surface area contributed by atoms with E-state index < -0.39 is 12.0 Å². The number of esters is 1. The molecule has 1 N–H and O–H groups in total. The molecule has 0 bridgehead atoms. The molecule has 5 nitrogen and oxygen atoms in total. The average molecular weight is 382 g/mol. The van der Waals surface area contributed by atoms with Crippen LogP contribution in [-0.4, -0.2) is 24.3 Å². The minimum Gasteiger partial charge on any atom is -0.478 e. The first-order chi connectivity index (χ1) is 13.2. The zero-order valence-electron chi connectivity index (χ0n) is 15.3. The predicted octanol–water partition coefficient (Wildman–Crippen LogP) is 3.93. The fraction of sp³-hybridized carbons (Fsp3) is 0.238. The van der Waals surface area contributed by atoms with Crippen LogP contribution in [0.4, 0.5) is 5.69 Å². The smallest absolute Gasteiger partial charge is 0.341 e. The number of ether oxygens (including phenoxy) is 2. The van der Waals surface area contributed by atoms with Crippen LogP contribution < -0.4 is 10.2 Å². The third-order valence-corrected chi connectivity index (χ3v) is 4.42. The van der Waals surface area contributed by atoms with Crippen LogP contribution >= 0.6 is 12.2 Å². The lowest BCUT2D eigenvalue weighted by Crippen LogP contribution is -2.49. The topological polar surface area (TPSA) is 50.8 Å². The van der Waals surface area contributed by atoms with Crippen molar-refractivity contribution >= 4 is 29.0 Å². The Morgan fingerprint density at radius 3 is 2.26 bits per heavy atom. The second-order valence-corrected chi connectivity index (χ2v) is 6.22. The van der Waals surface area contributed by atoms with E-state index in [9.17, 15) is 4.79 Å². The SMILES string of the molecule is CCOC(=O)C1=C(OCC)N(c2ccccc2)C(=S)NC1c1ccccc1. The van der Waals surface area contributed by atoms with Gasteiger partial charge in [-0.3, -0.25) is 4.90 Å². The Kier molecular flexibility index (Phi) is 6.08. The van der Waals surface area contributed by atoms with E-state index in [0.29, 0.717) is 23.2 Å². The molecule has 0 spiro atoms. The Morgan fingerprint density at radius 1 is 1.04 bits per heavy atom. The summed E-state index contributed by atoms with van der Waals surface area (Å²) in [6, 6.07) is 18.8. The minimum atomic E-state index is -0.445. The number of hydrogen-bond acceptors (Lipinski definition) is 4. The number of carbonyl (C=O) groups excluding carboxylic acids is 1. The van der Waals surface area contributed by atoms with Gasteiger partial charge in [-0.25, -0.2) is 4.79 Å². The molecule has 2 aromatic rings. The Hall–Kier alpha value is -2.86. The number of hydrogen-bond donors (Lipinski definition) is 1. The lowest BCUT2D eigenvalue weighted by atomic mass is 9.97. The van der Waals surface area contributed by atoms with Crippen LogP contribution in [0.15, 0.2) is 72.1 Å². The van der Waals surface area contributed by atoms with Crippen LogP contribution in [0.1, 0.15) is 25.5 Å². The van der Waals surface area contributed by atoms with Gasteiger partial charge in [-0.2, -0.15) is 0 Å². The third kappa shape index (κ3) is 3.95. The van der Waals surface area contributed by atoms with Crippen molar-refractivity contribution in [3.63, 3.8) is 0 Å². The standard InChI is InChI=1S/C21H22N2O3S/c1-3-25-19-17(20(24)26-4-2)18(15-11-7-5-8-12-15)22-21(27)23(19)16-13-9-6-10-14-16/h5-14,18H,3-4H2,1-2H3,(H,22,27). The molecule has 0 radical (unpaired) electrons. The maximum absolute atomic E-state index is 12.9. The summed E-state index contributed by atoms with van der Waals surface area (Å²) in [6.07, 6.45) is 0. The van der Waals surface area contributed by atoms with Gasteiger partial charge in [0.05, 0.1) is 24.9 Å². The van der Waals surface area contributed by atoms with Gasteiger partial charge in [0, 0.05) is 0 Å². The number of rotatable bonds is 6. The van der Waals surface area contributed by atoms with Gasteiger partial charge in [0.15, 0.2) is 5.11 Å². The number of para-hydroxylation sites is 1. The highest BCUT2D eigenvalue weighted by Crippen LogP contribution is 2.34. The van der Waals surface area contributed by atoms with E-state index in [2.05, 4.69) is 5.32 Å². The number of thiocarbonyl (C=S) groups is 1. The van der Waals surface area contributed by atoms with Crippen LogP contribution in [0.5, 0.6) is 0 Å². The lowest BCUT2D eigenvalue weighted by Gasteiger charge is -2.37. The molecule has 1 atom stereocenters. The van der Waals surface area contributed by atoms with Crippen molar-refractivity contribution in [3.05, 3.63) is 77.7 Å². The highest BCUT2D eigenvalue weighted by Gasteiger charge is 2.38. The summed E-state index contributed by atoms with van der Waals surface area (Å²) in [5.41, 5.74) is 2.13. The predicted molar refractivity (Wildman–Crippen MR) is 109 cm³/mol. The molecule has 0 aromatic heterocycles. The van der Waals surface area contributed by atoms with Gasteiger partial charge in [-0.05, 0) is 43.8 Å². The number of nitrogens with one attached hydrogen (secondary N) is 1. The van der Waals surface area contributed by atoms with Gasteiger partial charge in [-0.1, -0.05) is 48.5 Å². The van der Waals surface area contributed by atoms with Crippen molar-refractivity contribution in [2.24, 2.45) is 0 Å². The molecule has 1 aliphatic heterocycles. The van der Waals surface area contributed by atoms with Crippen molar-refractivity contribution in [1.29, 1.82) is 0 Å². The van der Waals surface area contributed by atoms with E-state index in [1.54, 1.807) is 11.8 Å². The first kappa shape index (κ1) is 18.9. The quantitative estimate of drug-likeness (QED) is 0.603. The van der Waals surface area contributed by atoms with Crippen molar-refractivity contribution in [3.8, 4) is 0 Å². The van der Waals surface area contributed by atoms with E-state index >= 15 is 0 Å². The van der Waals surface area contributed by atoms with Crippen LogP contribution in [0.25, 0.3) is 0 Å². The number of carbonyl (C=O) groups is 1. The lowest BCUT2D eigenvalue weighted by molar-refractivity contribution is -0.139. The Balaban J connectivity index is 2.19. The Labute approximate surface area is 164 Å². The van der Waals surface area contributed by atoms with E-state index in [4.69, 9.17) is 21.7 Å². The molecule has 27 heavy (non-hydrogen) atoms. The first-order valence-corrected chi connectivity index (χ1v) is 9.32. The summed E-state index contributed by atoms with van der Waals surface area (Å²) in [5.74, 6) is -0.0227. The normalized spacial score (nSPS) is 16.7. The monoisotopic (exact) mass is 382 g/mol. The van der Waals surface area contributed by atoms with Crippen molar-refractivity contribution in [2.45, 2.75) is 19.9 Å². The van der Waals surface area contributed by atoms with E-state index in [1.807, 2.05) is 67.6 Å². The van der Waals surface area contributed by atoms with Crippen molar-refractivity contribution < 1.29 is 14.3 Å². The molecule has 0 amide bonds. The minimum absolute atomic E-state index is 0.277. The van der Waals surface area contributed by atoms with Crippen LogP contribution in [0, 0.1) is 0 Å². The highest BCUT2D eigenvalue weighted by molar-refractivity contribution is 7.80. The summed E-state index contributed by atoms with van der Waals surface area (Å²) < 4.78 is 11.3. The molecule has 1 heterocycles. The van der Waals surface area contributed by atoms with Crippen molar-refractivity contribution in [1.82, 2.24) is 5.32 Å². The zero-order chi connectivity index (χ0) is 19.2. The summed E-state index contributed by atoms with van der Waals surface area (Å²) in [6.45, 7) is 4.33. The fourth-order valence-corrected chi connectivity index (χ4v) is 3.30. The maximum atomic E-state index is 12.9. The molecule has 1 unspecified atom stereocenters. The van der Waals surface area contributed by atoms with Crippen LogP contribution in [0.3, 0.4) is 0 Å².